The summed E-state index contributed by atoms with van der Waals surface area (Å²) in [7, 11) is 4.66. The van der Waals surface area contributed by atoms with E-state index in [2.05, 4.69) is 20.7 Å². The fourth-order valence-corrected chi connectivity index (χ4v) is 4.48. The molecule has 38 heavy (non-hydrogen) atoms. The molecule has 0 radical (unpaired) electrons. The lowest BCUT2D eigenvalue weighted by atomic mass is 10.1. The van der Waals surface area contributed by atoms with Crippen LogP contribution in [-0.2, 0) is 4.79 Å². The molecule has 2 N–H and O–H groups in total. The van der Waals surface area contributed by atoms with Crippen LogP contribution >= 0.6 is 11.8 Å². The summed E-state index contributed by atoms with van der Waals surface area (Å²) in [6, 6.07) is 19.6. The second kappa shape index (κ2) is 12.2. The van der Waals surface area contributed by atoms with Gasteiger partial charge in [0, 0.05) is 0 Å². The van der Waals surface area contributed by atoms with Crippen molar-refractivity contribution in [3.8, 4) is 40.1 Å². The Morgan fingerprint density at radius 1 is 1.03 bits per heavy atom. The fourth-order valence-electron chi connectivity index (χ4n) is 3.72. The van der Waals surface area contributed by atoms with Crippen molar-refractivity contribution >= 4 is 23.4 Å². The molecule has 1 aromatic heterocycles. The number of nitrogens with one attached hydrogen (secondary N) is 2. The summed E-state index contributed by atoms with van der Waals surface area (Å²) in [6.45, 7) is 1.73. The Morgan fingerprint density at radius 3 is 2.37 bits per heavy atom. The van der Waals surface area contributed by atoms with Crippen LogP contribution in [0.1, 0.15) is 12.5 Å². The fraction of sp³-hybridized carbons (Fsp3) is 0.185. The summed E-state index contributed by atoms with van der Waals surface area (Å²) in [6.07, 6.45) is 0. The maximum atomic E-state index is 12.6. The smallest absolute Gasteiger partial charge is 0.342 e. The van der Waals surface area contributed by atoms with Crippen LogP contribution in [0.25, 0.3) is 17.1 Å². The van der Waals surface area contributed by atoms with E-state index in [-0.39, 0.29) is 17.4 Å². The van der Waals surface area contributed by atoms with Gasteiger partial charge in [0.15, 0.2) is 11.5 Å². The molecule has 11 heteroatoms. The number of para-hydroxylation sites is 1. The van der Waals surface area contributed by atoms with Crippen LogP contribution in [-0.4, -0.2) is 48.9 Å². The average Bonchev–Trinajstić information content (AvgIpc) is 3.38. The van der Waals surface area contributed by atoms with Crippen molar-refractivity contribution in [1.82, 2.24) is 15.6 Å². The summed E-state index contributed by atoms with van der Waals surface area (Å²) >= 11 is 1.25. The molecule has 4 rings (SSSR count). The number of carbonyl (C=O) groups excluding carboxylic acids is 1. The molecular formula is C27H27N5O5S. The first-order valence-electron chi connectivity index (χ1n) is 11.5. The molecule has 0 saturated heterocycles. The van der Waals surface area contributed by atoms with Gasteiger partial charge in [0.05, 0.1) is 43.5 Å². The number of methoxy groups -OCH3 is 3. The molecule has 0 saturated carbocycles. The van der Waals surface area contributed by atoms with Gasteiger partial charge in [-0.1, -0.05) is 42.5 Å². The van der Waals surface area contributed by atoms with Crippen molar-refractivity contribution in [2.24, 2.45) is 5.10 Å². The predicted octanol–water partition coefficient (Wildman–Crippen LogP) is 3.09. The van der Waals surface area contributed by atoms with Crippen LogP contribution < -0.4 is 29.3 Å². The molecule has 0 atom stereocenters. The number of ether oxygens (including phenoxy) is 3. The monoisotopic (exact) mass is 533 g/mol. The number of rotatable bonds is 10. The van der Waals surface area contributed by atoms with E-state index in [0.29, 0.717) is 39.5 Å². The predicted molar refractivity (Wildman–Crippen MR) is 142 cm³/mol. The van der Waals surface area contributed by atoms with Gasteiger partial charge in [-0.25, -0.2) is 5.43 Å². The van der Waals surface area contributed by atoms with Crippen molar-refractivity contribution in [3.05, 3.63) is 72.3 Å². The number of hydrogen-bond acceptors (Lipinski definition) is 8. The summed E-state index contributed by atoms with van der Waals surface area (Å²) < 4.78 is 18.4. The molecule has 1 amide bonds. The molecule has 4 aromatic rings. The Bertz CT molecular complexity index is 1430. The second-order valence-corrected chi connectivity index (χ2v) is 8.93. The molecule has 0 aliphatic heterocycles. The van der Waals surface area contributed by atoms with Crippen molar-refractivity contribution in [1.29, 1.82) is 0 Å². The summed E-state index contributed by atoms with van der Waals surface area (Å²) in [4.78, 5) is 12.6. The highest BCUT2D eigenvalue weighted by Crippen LogP contribution is 2.40. The first-order valence-corrected chi connectivity index (χ1v) is 12.5. The lowest BCUT2D eigenvalue weighted by Crippen LogP contribution is -2.34. The Labute approximate surface area is 224 Å². The molecule has 1 heterocycles. The van der Waals surface area contributed by atoms with Crippen molar-refractivity contribution in [2.45, 2.75) is 12.1 Å². The van der Waals surface area contributed by atoms with Gasteiger partial charge in [-0.3, -0.25) is 4.79 Å². The van der Waals surface area contributed by atoms with E-state index in [1.54, 1.807) is 40.4 Å². The number of hydrogen-bond donors (Lipinski definition) is 2. The van der Waals surface area contributed by atoms with E-state index in [0.717, 1.165) is 11.3 Å². The maximum Gasteiger partial charge on any atom is 0.342 e. The zero-order valence-corrected chi connectivity index (χ0v) is 22.2. The quantitative estimate of drug-likeness (QED) is 0.139. The zero-order valence-electron chi connectivity index (χ0n) is 21.3. The first kappa shape index (κ1) is 26.6. The molecular weight excluding hydrogens is 506 g/mol. The minimum absolute atomic E-state index is 0.0603. The number of carbonyl (C=O) groups is 1. The van der Waals surface area contributed by atoms with Gasteiger partial charge in [0.1, 0.15) is 5.69 Å². The number of H-pyrrole nitrogens is 1. The highest BCUT2D eigenvalue weighted by molar-refractivity contribution is 7.99. The standard InChI is InChI=1S/C27H27N5O5S/c1-17(18-9-8-12-21(33)13-18)28-29-24(34)16-38-27-31-30-26(32(27)20-10-6-5-7-11-20)19-14-22(35-2)25(37-4)23(15-19)36-3/h5-15H,16H2,1-4H3,(H2,29,33,34). The zero-order chi connectivity index (χ0) is 27.1. The number of nitrogens with zero attached hydrogens (tertiary/aromatic N) is 3. The third-order valence-electron chi connectivity index (χ3n) is 5.56. The van der Waals surface area contributed by atoms with Crippen LogP contribution in [0, 0.1) is 0 Å². The third-order valence-corrected chi connectivity index (χ3v) is 6.50. The van der Waals surface area contributed by atoms with Gasteiger partial charge in [-0.05, 0) is 48.5 Å². The highest BCUT2D eigenvalue weighted by Gasteiger charge is 2.27. The molecule has 0 aliphatic rings. The molecule has 3 aromatic carbocycles. The van der Waals surface area contributed by atoms with E-state index in [9.17, 15) is 9.90 Å². The van der Waals surface area contributed by atoms with Crippen LogP contribution in [0.4, 0.5) is 0 Å². The van der Waals surface area contributed by atoms with Crippen LogP contribution in [0.15, 0.2) is 77.0 Å². The molecule has 0 unspecified atom stereocenters. The van der Waals surface area contributed by atoms with E-state index < -0.39 is 0 Å². The van der Waals surface area contributed by atoms with Crippen molar-refractivity contribution in [2.75, 3.05) is 27.1 Å². The maximum absolute atomic E-state index is 12.6. The van der Waals surface area contributed by atoms with Crippen LogP contribution in [0.5, 0.6) is 23.0 Å². The number of thioether (sulfide) groups is 1. The number of aromatic amines is 1. The highest BCUT2D eigenvalue weighted by atomic mass is 32.2. The minimum Gasteiger partial charge on any atom is -0.872 e. The van der Waals surface area contributed by atoms with Gasteiger partial charge in [0.2, 0.25) is 5.75 Å². The average molecular weight is 534 g/mol. The molecule has 0 bridgehead atoms. The molecule has 0 fully saturated rings. The second-order valence-electron chi connectivity index (χ2n) is 7.99. The Balaban J connectivity index is 1.61. The molecule has 0 spiro atoms. The van der Waals surface area contributed by atoms with E-state index in [1.165, 1.54) is 23.9 Å². The van der Waals surface area contributed by atoms with Gasteiger partial charge in [-0.2, -0.15) is 9.67 Å². The van der Waals surface area contributed by atoms with Gasteiger partial charge in [-0.15, -0.1) is 10.8 Å². The molecule has 196 valence electrons. The van der Waals surface area contributed by atoms with Gasteiger partial charge < -0.3 is 19.3 Å². The Morgan fingerprint density at radius 2 is 1.74 bits per heavy atom. The van der Waals surface area contributed by atoms with E-state index in [1.807, 2.05) is 47.0 Å². The summed E-state index contributed by atoms with van der Waals surface area (Å²) in [5.41, 5.74) is 5.31. The number of benzene rings is 3. The van der Waals surface area contributed by atoms with Gasteiger partial charge >= 0.3 is 5.16 Å². The summed E-state index contributed by atoms with van der Waals surface area (Å²) in [5, 5.41) is 23.8. The van der Waals surface area contributed by atoms with Crippen LogP contribution in [0.3, 0.4) is 0 Å². The van der Waals surface area contributed by atoms with Crippen LogP contribution in [0.2, 0.25) is 0 Å². The Kier molecular flexibility index (Phi) is 8.49. The normalized spacial score (nSPS) is 11.2. The SMILES string of the molecule is COc1cc(-c2[nH]nc(SCC(=O)NN=C(C)c3cccc([O-])c3)[n+]2-c2ccccc2)cc(OC)c1OC. The number of amides is 1. The van der Waals surface area contributed by atoms with E-state index >= 15 is 0 Å². The largest absolute Gasteiger partial charge is 0.872 e. The lowest BCUT2D eigenvalue weighted by Gasteiger charge is -2.13. The van der Waals surface area contributed by atoms with Crippen molar-refractivity contribution < 1.29 is 28.7 Å². The topological polar surface area (TPSA) is 125 Å². The lowest BCUT2D eigenvalue weighted by molar-refractivity contribution is -0.625. The Hall–Kier alpha value is -4.51. The number of hydrazone groups is 1. The first-order chi connectivity index (χ1) is 18.4. The van der Waals surface area contributed by atoms with Crippen molar-refractivity contribution in [3.63, 3.8) is 0 Å². The molecule has 10 nitrogen and oxygen atoms in total. The molecule has 0 aliphatic carbocycles. The third kappa shape index (κ3) is 5.89. The van der Waals surface area contributed by atoms with E-state index in [4.69, 9.17) is 14.2 Å². The summed E-state index contributed by atoms with van der Waals surface area (Å²) in [5.74, 6) is 1.76. The number of aromatic nitrogens is 3. The minimum atomic E-state index is -0.315. The van der Waals surface area contributed by atoms with Gasteiger partial charge in [0.25, 0.3) is 11.7 Å².